The van der Waals surface area contributed by atoms with Gasteiger partial charge in [-0.1, -0.05) is 19.8 Å². The largest absolute Gasteiger partial charge is 0.335 e. The third-order valence-corrected chi connectivity index (χ3v) is 3.63. The lowest BCUT2D eigenvalue weighted by molar-refractivity contribution is -0.122. The van der Waals surface area contributed by atoms with Crippen LogP contribution in [0.5, 0.6) is 0 Å². The molecular weight excluding hydrogens is 212 g/mol. The van der Waals surface area contributed by atoms with Gasteiger partial charge >= 0.3 is 0 Å². The second-order valence-electron chi connectivity index (χ2n) is 5.00. The van der Waals surface area contributed by atoms with Gasteiger partial charge < -0.3 is 4.57 Å². The quantitative estimate of drug-likeness (QED) is 0.751. The van der Waals surface area contributed by atoms with E-state index in [0.29, 0.717) is 5.78 Å². The van der Waals surface area contributed by atoms with Gasteiger partial charge in [-0.2, -0.15) is 0 Å². The molecule has 2 rings (SSSR count). The van der Waals surface area contributed by atoms with Crippen molar-refractivity contribution in [2.24, 2.45) is 5.92 Å². The van der Waals surface area contributed by atoms with Gasteiger partial charge in [-0.3, -0.25) is 4.79 Å². The van der Waals surface area contributed by atoms with Crippen LogP contribution in [0.3, 0.4) is 0 Å². The summed E-state index contributed by atoms with van der Waals surface area (Å²) < 4.78 is 2.19. The first-order chi connectivity index (χ1) is 8.31. The number of aromatic nitrogens is 2. The average Bonchev–Trinajstić information content (AvgIpc) is 2.64. The minimum Gasteiger partial charge on any atom is -0.335 e. The number of hydrogen-bond acceptors (Lipinski definition) is 2. The standard InChI is InChI=1S/C14H22N2O/c1-2-9-16-10-8-15-14(16)11-12-6-4-3-5-7-13(12)17/h8,10,12H,2-7,9,11H2,1H3. The molecule has 1 aliphatic rings. The smallest absolute Gasteiger partial charge is 0.136 e. The minimum atomic E-state index is 0.218. The van der Waals surface area contributed by atoms with Crippen LogP contribution in [0.25, 0.3) is 0 Å². The molecule has 3 heteroatoms. The fourth-order valence-electron chi connectivity index (χ4n) is 2.64. The monoisotopic (exact) mass is 234 g/mol. The van der Waals surface area contributed by atoms with Crippen molar-refractivity contribution >= 4 is 5.78 Å². The second-order valence-corrected chi connectivity index (χ2v) is 5.00. The lowest BCUT2D eigenvalue weighted by Gasteiger charge is -2.13. The molecule has 1 atom stereocenters. The van der Waals surface area contributed by atoms with E-state index in [2.05, 4.69) is 16.5 Å². The number of carbonyl (C=O) groups is 1. The summed E-state index contributed by atoms with van der Waals surface area (Å²) in [4.78, 5) is 16.4. The number of nitrogens with zero attached hydrogens (tertiary/aromatic N) is 2. The molecule has 1 heterocycles. The van der Waals surface area contributed by atoms with Crippen molar-refractivity contribution in [3.63, 3.8) is 0 Å². The predicted octanol–water partition coefficient (Wildman–Crippen LogP) is 2.99. The van der Waals surface area contributed by atoms with Gasteiger partial charge in [-0.05, 0) is 19.3 Å². The number of hydrogen-bond donors (Lipinski definition) is 0. The second kappa shape index (κ2) is 5.99. The van der Waals surface area contributed by atoms with Gasteiger partial charge in [-0.25, -0.2) is 4.98 Å². The van der Waals surface area contributed by atoms with E-state index in [1.54, 1.807) is 0 Å². The molecule has 0 spiro atoms. The first-order valence-corrected chi connectivity index (χ1v) is 6.84. The zero-order chi connectivity index (χ0) is 12.1. The van der Waals surface area contributed by atoms with Gasteiger partial charge in [0, 0.05) is 37.7 Å². The zero-order valence-corrected chi connectivity index (χ0v) is 10.7. The molecule has 94 valence electrons. The first-order valence-electron chi connectivity index (χ1n) is 6.84. The molecule has 3 nitrogen and oxygen atoms in total. The van der Waals surface area contributed by atoms with E-state index >= 15 is 0 Å². The summed E-state index contributed by atoms with van der Waals surface area (Å²) in [6.45, 7) is 3.18. The van der Waals surface area contributed by atoms with Crippen molar-refractivity contribution in [2.75, 3.05) is 0 Å². The molecular formula is C14H22N2O. The van der Waals surface area contributed by atoms with Crippen LogP contribution < -0.4 is 0 Å². The first kappa shape index (κ1) is 12.3. The van der Waals surface area contributed by atoms with Crippen LogP contribution in [0, 0.1) is 5.92 Å². The molecule has 1 fully saturated rings. The fourth-order valence-corrected chi connectivity index (χ4v) is 2.64. The van der Waals surface area contributed by atoms with Gasteiger partial charge in [0.2, 0.25) is 0 Å². The SMILES string of the molecule is CCCn1ccnc1CC1CCCCCC1=O. The summed E-state index contributed by atoms with van der Waals surface area (Å²) in [5.41, 5.74) is 0. The van der Waals surface area contributed by atoms with Gasteiger partial charge in [0.1, 0.15) is 11.6 Å². The molecule has 0 bridgehead atoms. The molecule has 0 N–H and O–H groups in total. The number of carbonyl (C=O) groups excluding carboxylic acids is 1. The van der Waals surface area contributed by atoms with E-state index in [1.165, 1.54) is 12.8 Å². The Hall–Kier alpha value is -1.12. The van der Waals surface area contributed by atoms with Crippen LogP contribution >= 0.6 is 0 Å². The predicted molar refractivity (Wildman–Crippen MR) is 67.8 cm³/mol. The molecule has 1 saturated carbocycles. The van der Waals surface area contributed by atoms with Gasteiger partial charge in [0.15, 0.2) is 0 Å². The van der Waals surface area contributed by atoms with E-state index in [0.717, 1.165) is 44.5 Å². The average molecular weight is 234 g/mol. The molecule has 1 aromatic heterocycles. The summed E-state index contributed by atoms with van der Waals surface area (Å²) in [5.74, 6) is 1.76. The third kappa shape index (κ3) is 3.18. The van der Waals surface area contributed by atoms with Crippen molar-refractivity contribution in [3.8, 4) is 0 Å². The third-order valence-electron chi connectivity index (χ3n) is 3.63. The number of ketones is 1. The molecule has 0 aliphatic heterocycles. The molecule has 17 heavy (non-hydrogen) atoms. The molecule has 1 aromatic rings. The Morgan fingerprint density at radius 1 is 1.41 bits per heavy atom. The van der Waals surface area contributed by atoms with Crippen molar-refractivity contribution < 1.29 is 4.79 Å². The number of rotatable bonds is 4. The highest BCUT2D eigenvalue weighted by atomic mass is 16.1. The van der Waals surface area contributed by atoms with Crippen LogP contribution in [0.2, 0.25) is 0 Å². The highest BCUT2D eigenvalue weighted by molar-refractivity contribution is 5.81. The Kier molecular flexibility index (Phi) is 4.35. The Bertz CT molecular complexity index is 370. The summed E-state index contributed by atoms with van der Waals surface area (Å²) in [5, 5.41) is 0. The van der Waals surface area contributed by atoms with Crippen LogP contribution in [-0.2, 0) is 17.8 Å². The number of aryl methyl sites for hydroxylation is 1. The highest BCUT2D eigenvalue weighted by Gasteiger charge is 2.22. The van der Waals surface area contributed by atoms with Crippen molar-refractivity contribution in [2.45, 2.75) is 58.4 Å². The lowest BCUT2D eigenvalue weighted by Crippen LogP contribution is -2.18. The lowest BCUT2D eigenvalue weighted by atomic mass is 9.95. The minimum absolute atomic E-state index is 0.218. The van der Waals surface area contributed by atoms with Crippen LogP contribution in [0.1, 0.15) is 51.3 Å². The molecule has 1 aliphatic carbocycles. The van der Waals surface area contributed by atoms with E-state index in [4.69, 9.17) is 0 Å². The van der Waals surface area contributed by atoms with Crippen molar-refractivity contribution in [1.82, 2.24) is 9.55 Å². The van der Waals surface area contributed by atoms with Crippen LogP contribution in [-0.4, -0.2) is 15.3 Å². The number of imidazole rings is 1. The van der Waals surface area contributed by atoms with E-state index in [-0.39, 0.29) is 5.92 Å². The van der Waals surface area contributed by atoms with E-state index in [1.807, 2.05) is 12.4 Å². The molecule has 0 saturated heterocycles. The summed E-state index contributed by atoms with van der Waals surface area (Å²) in [6, 6.07) is 0. The molecule has 0 aromatic carbocycles. The summed E-state index contributed by atoms with van der Waals surface area (Å²) in [7, 11) is 0. The Morgan fingerprint density at radius 3 is 3.12 bits per heavy atom. The van der Waals surface area contributed by atoms with Crippen molar-refractivity contribution in [1.29, 1.82) is 0 Å². The fraction of sp³-hybridized carbons (Fsp3) is 0.714. The summed E-state index contributed by atoms with van der Waals surface area (Å²) in [6.07, 6.45) is 11.2. The Morgan fingerprint density at radius 2 is 2.29 bits per heavy atom. The van der Waals surface area contributed by atoms with E-state index < -0.39 is 0 Å². The normalized spacial score (nSPS) is 21.5. The topological polar surface area (TPSA) is 34.9 Å². The molecule has 1 unspecified atom stereocenters. The molecule has 0 radical (unpaired) electrons. The van der Waals surface area contributed by atoms with Crippen molar-refractivity contribution in [3.05, 3.63) is 18.2 Å². The van der Waals surface area contributed by atoms with Crippen LogP contribution in [0.15, 0.2) is 12.4 Å². The zero-order valence-electron chi connectivity index (χ0n) is 10.7. The maximum absolute atomic E-state index is 12.0. The van der Waals surface area contributed by atoms with E-state index in [9.17, 15) is 4.79 Å². The van der Waals surface area contributed by atoms with Crippen LogP contribution in [0.4, 0.5) is 0 Å². The maximum Gasteiger partial charge on any atom is 0.136 e. The number of Topliss-reactive ketones (excluding diaryl/α,β-unsaturated/α-hetero) is 1. The Labute approximate surface area is 103 Å². The summed E-state index contributed by atoms with van der Waals surface area (Å²) >= 11 is 0. The van der Waals surface area contributed by atoms with Gasteiger partial charge in [0.05, 0.1) is 0 Å². The highest BCUT2D eigenvalue weighted by Crippen LogP contribution is 2.23. The maximum atomic E-state index is 12.0. The molecule has 0 amide bonds. The van der Waals surface area contributed by atoms with Gasteiger partial charge in [0.25, 0.3) is 0 Å². The Balaban J connectivity index is 2.02. The van der Waals surface area contributed by atoms with Gasteiger partial charge in [-0.15, -0.1) is 0 Å².